The number of unbranched alkanes of at least 4 members (excludes halogenated alkanes) is 3. The van der Waals surface area contributed by atoms with Gasteiger partial charge in [-0.1, -0.05) is 32.6 Å². The molecule has 3 nitrogen and oxygen atoms in total. The molecule has 0 bridgehead atoms. The van der Waals surface area contributed by atoms with E-state index in [-0.39, 0.29) is 18.2 Å². The molecular weight excluding hydrogens is 192 g/mol. The highest BCUT2D eigenvalue weighted by atomic mass is 16.6. The van der Waals surface area contributed by atoms with Crippen molar-refractivity contribution in [2.24, 2.45) is 0 Å². The second kappa shape index (κ2) is 4.97. The van der Waals surface area contributed by atoms with E-state index >= 15 is 0 Å². The van der Waals surface area contributed by atoms with Crippen LogP contribution in [-0.4, -0.2) is 24.3 Å². The Morgan fingerprint density at radius 2 is 2.13 bits per heavy atom. The van der Waals surface area contributed by atoms with Crippen LogP contribution < -0.4 is 0 Å². The molecule has 0 aliphatic carbocycles. The lowest BCUT2D eigenvalue weighted by Crippen LogP contribution is -2.13. The Morgan fingerprint density at radius 3 is 2.87 bits per heavy atom. The van der Waals surface area contributed by atoms with Crippen molar-refractivity contribution in [3.05, 3.63) is 0 Å². The fourth-order valence-electron chi connectivity index (χ4n) is 2.47. The first-order valence-corrected chi connectivity index (χ1v) is 6.14. The number of rotatable bonds is 5. The van der Waals surface area contributed by atoms with Crippen molar-refractivity contribution in [1.82, 2.24) is 0 Å². The van der Waals surface area contributed by atoms with Crippen LogP contribution in [0.5, 0.6) is 0 Å². The van der Waals surface area contributed by atoms with Crippen LogP contribution >= 0.6 is 0 Å². The number of carbonyl (C=O) groups is 1. The Kier molecular flexibility index (Phi) is 3.62. The zero-order valence-electron chi connectivity index (χ0n) is 9.41. The summed E-state index contributed by atoms with van der Waals surface area (Å²) in [6.07, 6.45) is 8.11. The van der Waals surface area contributed by atoms with Crippen molar-refractivity contribution in [1.29, 1.82) is 0 Å². The zero-order valence-corrected chi connectivity index (χ0v) is 9.41. The molecule has 0 N–H and O–H groups in total. The fraction of sp³-hybridized carbons (Fsp3) is 0.917. The van der Waals surface area contributed by atoms with Crippen molar-refractivity contribution in [3.8, 4) is 0 Å². The van der Waals surface area contributed by atoms with Crippen LogP contribution in [0, 0.1) is 0 Å². The maximum Gasteiger partial charge on any atom is 0.308 e. The first-order valence-electron chi connectivity index (χ1n) is 6.14. The van der Waals surface area contributed by atoms with E-state index in [4.69, 9.17) is 9.47 Å². The molecule has 2 aliphatic rings. The van der Waals surface area contributed by atoms with E-state index in [0.29, 0.717) is 12.5 Å². The van der Waals surface area contributed by atoms with E-state index in [0.717, 1.165) is 12.8 Å². The molecule has 0 aromatic rings. The average molecular weight is 212 g/mol. The van der Waals surface area contributed by atoms with Gasteiger partial charge in [-0.15, -0.1) is 0 Å². The fourth-order valence-corrected chi connectivity index (χ4v) is 2.47. The molecular formula is C12H20O3. The summed E-state index contributed by atoms with van der Waals surface area (Å²) in [6, 6.07) is 0. The Labute approximate surface area is 91.1 Å². The van der Waals surface area contributed by atoms with Gasteiger partial charge in [0.1, 0.15) is 12.2 Å². The second-order valence-electron chi connectivity index (χ2n) is 4.61. The quantitative estimate of drug-likeness (QED) is 0.518. The number of ether oxygens (including phenoxy) is 2. The Morgan fingerprint density at radius 1 is 1.27 bits per heavy atom. The zero-order chi connectivity index (χ0) is 10.7. The summed E-state index contributed by atoms with van der Waals surface area (Å²) in [5.41, 5.74) is 0. The van der Waals surface area contributed by atoms with E-state index in [1.807, 2.05) is 0 Å². The second-order valence-corrected chi connectivity index (χ2v) is 4.61. The summed E-state index contributed by atoms with van der Waals surface area (Å²) >= 11 is 0. The molecule has 0 saturated carbocycles. The Hall–Kier alpha value is -0.570. The molecule has 2 saturated heterocycles. The first-order chi connectivity index (χ1) is 7.29. The van der Waals surface area contributed by atoms with Crippen LogP contribution in [0.25, 0.3) is 0 Å². The summed E-state index contributed by atoms with van der Waals surface area (Å²) in [4.78, 5) is 11.0. The van der Waals surface area contributed by atoms with Crippen LogP contribution in [0.2, 0.25) is 0 Å². The SMILES string of the molecule is CCCCCC[C@@H]1C[C@H]2OC(=O)C[C@H]2O1. The van der Waals surface area contributed by atoms with E-state index in [2.05, 4.69) is 6.92 Å². The summed E-state index contributed by atoms with van der Waals surface area (Å²) in [6.45, 7) is 2.22. The Bertz CT molecular complexity index is 211. The average Bonchev–Trinajstić information content (AvgIpc) is 2.69. The molecule has 15 heavy (non-hydrogen) atoms. The highest BCUT2D eigenvalue weighted by molar-refractivity contribution is 5.72. The third-order valence-electron chi connectivity index (χ3n) is 3.31. The van der Waals surface area contributed by atoms with E-state index < -0.39 is 0 Å². The van der Waals surface area contributed by atoms with Gasteiger partial charge in [0, 0.05) is 6.42 Å². The van der Waals surface area contributed by atoms with Gasteiger partial charge in [-0.05, 0) is 6.42 Å². The maximum atomic E-state index is 11.0. The lowest BCUT2D eigenvalue weighted by atomic mass is 10.1. The van der Waals surface area contributed by atoms with Crippen molar-refractivity contribution < 1.29 is 14.3 Å². The molecule has 0 radical (unpaired) electrons. The van der Waals surface area contributed by atoms with Crippen molar-refractivity contribution >= 4 is 5.97 Å². The lowest BCUT2D eigenvalue weighted by molar-refractivity contribution is -0.141. The number of carbonyl (C=O) groups excluding carboxylic acids is 1. The molecule has 2 fully saturated rings. The topological polar surface area (TPSA) is 35.5 Å². The van der Waals surface area contributed by atoms with E-state index in [1.165, 1.54) is 25.7 Å². The Balaban J connectivity index is 1.64. The highest BCUT2D eigenvalue weighted by Gasteiger charge is 2.43. The van der Waals surface area contributed by atoms with E-state index in [1.54, 1.807) is 0 Å². The molecule has 86 valence electrons. The molecule has 0 aromatic carbocycles. The molecule has 2 aliphatic heterocycles. The number of hydrogen-bond acceptors (Lipinski definition) is 3. The highest BCUT2D eigenvalue weighted by Crippen LogP contribution is 2.33. The van der Waals surface area contributed by atoms with E-state index in [9.17, 15) is 4.79 Å². The van der Waals surface area contributed by atoms with Gasteiger partial charge in [0.15, 0.2) is 0 Å². The molecule has 0 spiro atoms. The van der Waals surface area contributed by atoms with Crippen LogP contribution in [0.4, 0.5) is 0 Å². The maximum absolute atomic E-state index is 11.0. The minimum absolute atomic E-state index is 0.0636. The van der Waals surface area contributed by atoms with Gasteiger partial charge in [0.05, 0.1) is 12.5 Å². The molecule has 0 unspecified atom stereocenters. The van der Waals surface area contributed by atoms with Crippen LogP contribution in [0.1, 0.15) is 51.9 Å². The number of esters is 1. The van der Waals surface area contributed by atoms with Crippen LogP contribution in [-0.2, 0) is 14.3 Å². The van der Waals surface area contributed by atoms with Gasteiger partial charge in [0.2, 0.25) is 0 Å². The molecule has 0 aromatic heterocycles. The monoisotopic (exact) mass is 212 g/mol. The summed E-state index contributed by atoms with van der Waals surface area (Å²) in [7, 11) is 0. The van der Waals surface area contributed by atoms with Gasteiger partial charge >= 0.3 is 5.97 Å². The summed E-state index contributed by atoms with van der Waals surface area (Å²) in [5.74, 6) is -0.0885. The summed E-state index contributed by atoms with van der Waals surface area (Å²) in [5, 5.41) is 0. The molecule has 2 heterocycles. The minimum atomic E-state index is -0.0885. The molecule has 3 heteroatoms. The minimum Gasteiger partial charge on any atom is -0.459 e. The van der Waals surface area contributed by atoms with Gasteiger partial charge in [0.25, 0.3) is 0 Å². The molecule has 0 amide bonds. The number of hydrogen-bond donors (Lipinski definition) is 0. The van der Waals surface area contributed by atoms with Gasteiger partial charge in [-0.25, -0.2) is 0 Å². The first kappa shape index (κ1) is 10.9. The lowest BCUT2D eigenvalue weighted by Gasteiger charge is -2.10. The predicted octanol–water partition coefficient (Wildman–Crippen LogP) is 2.43. The van der Waals surface area contributed by atoms with Crippen molar-refractivity contribution in [3.63, 3.8) is 0 Å². The third kappa shape index (κ3) is 2.71. The molecule has 2 rings (SSSR count). The predicted molar refractivity (Wildman–Crippen MR) is 56.5 cm³/mol. The van der Waals surface area contributed by atoms with Crippen molar-refractivity contribution in [2.75, 3.05) is 0 Å². The smallest absolute Gasteiger partial charge is 0.308 e. The number of fused-ring (bicyclic) bond motifs is 1. The van der Waals surface area contributed by atoms with Gasteiger partial charge < -0.3 is 9.47 Å². The van der Waals surface area contributed by atoms with Crippen molar-refractivity contribution in [2.45, 2.75) is 70.2 Å². The summed E-state index contributed by atoms with van der Waals surface area (Å²) < 4.78 is 11.0. The normalized spacial score (nSPS) is 34.2. The third-order valence-corrected chi connectivity index (χ3v) is 3.31. The van der Waals surface area contributed by atoms with Gasteiger partial charge in [-0.3, -0.25) is 4.79 Å². The molecule has 3 atom stereocenters. The standard InChI is InChI=1S/C12H20O3/c1-2-3-4-5-6-9-7-10-11(14-9)8-12(13)15-10/h9-11H,2-8H2,1H3/t9-,10-,11-/m1/s1. The van der Waals surface area contributed by atoms with Crippen LogP contribution in [0.15, 0.2) is 0 Å². The largest absolute Gasteiger partial charge is 0.459 e. The van der Waals surface area contributed by atoms with Gasteiger partial charge in [-0.2, -0.15) is 0 Å². The van der Waals surface area contributed by atoms with Crippen LogP contribution in [0.3, 0.4) is 0 Å².